The second kappa shape index (κ2) is 7.11. The van der Waals surface area contributed by atoms with E-state index in [4.69, 9.17) is 37.4 Å². The van der Waals surface area contributed by atoms with E-state index in [0.717, 1.165) is 0 Å². The highest BCUT2D eigenvalue weighted by Gasteiger charge is 2.27. The van der Waals surface area contributed by atoms with Crippen LogP contribution in [-0.2, 0) is 0 Å². The van der Waals surface area contributed by atoms with Crippen molar-refractivity contribution in [1.29, 1.82) is 0 Å². The lowest BCUT2D eigenvalue weighted by molar-refractivity contribution is 0.103. The van der Waals surface area contributed by atoms with E-state index in [1.807, 2.05) is 0 Å². The third kappa shape index (κ3) is 3.09. The lowest BCUT2D eigenvalue weighted by atomic mass is 9.97. The second-order valence-corrected chi connectivity index (χ2v) is 5.58. The molecule has 0 amide bonds. The molecule has 0 radical (unpaired) electrons. The Kier molecular flexibility index (Phi) is 5.39. The minimum atomic E-state index is -0.337. The van der Waals surface area contributed by atoms with Crippen molar-refractivity contribution in [3.05, 3.63) is 51.0 Å². The molecule has 0 saturated heterocycles. The van der Waals surface area contributed by atoms with Crippen molar-refractivity contribution in [3.8, 4) is 17.2 Å². The fraction of sp³-hybridized carbons (Fsp3) is 0.235. The van der Waals surface area contributed by atoms with Crippen LogP contribution in [0.4, 0.5) is 0 Å². The van der Waals surface area contributed by atoms with Crippen LogP contribution in [0.25, 0.3) is 0 Å². The molecule has 0 fully saturated rings. The van der Waals surface area contributed by atoms with Gasteiger partial charge in [0.15, 0.2) is 17.3 Å². The van der Waals surface area contributed by atoms with Crippen LogP contribution in [0.1, 0.15) is 21.5 Å². The number of ketones is 1. The highest BCUT2D eigenvalue weighted by atomic mass is 35.5. The van der Waals surface area contributed by atoms with Crippen molar-refractivity contribution in [2.75, 3.05) is 21.3 Å². The number of hydrogen-bond acceptors (Lipinski definition) is 4. The number of aryl methyl sites for hydroxylation is 1. The lowest BCUT2D eigenvalue weighted by Gasteiger charge is -2.18. The lowest BCUT2D eigenvalue weighted by Crippen LogP contribution is -2.10. The Hall–Kier alpha value is -1.91. The normalized spacial score (nSPS) is 10.3. The van der Waals surface area contributed by atoms with Gasteiger partial charge < -0.3 is 14.2 Å². The van der Waals surface area contributed by atoms with E-state index in [-0.39, 0.29) is 27.1 Å². The number of carbonyl (C=O) groups excluding carboxylic acids is 1. The fourth-order valence-electron chi connectivity index (χ4n) is 2.40. The molecule has 0 saturated carbocycles. The molecular formula is C17H16Cl2O4. The summed E-state index contributed by atoms with van der Waals surface area (Å²) in [5, 5.41) is 0.553. The van der Waals surface area contributed by atoms with E-state index in [9.17, 15) is 4.79 Å². The zero-order valence-corrected chi connectivity index (χ0v) is 14.7. The van der Waals surface area contributed by atoms with Crippen LogP contribution in [0.15, 0.2) is 24.3 Å². The highest BCUT2D eigenvalue weighted by Crippen LogP contribution is 2.43. The fourth-order valence-corrected chi connectivity index (χ4v) is 2.97. The van der Waals surface area contributed by atoms with Gasteiger partial charge in [-0.1, -0.05) is 29.3 Å². The first-order valence-corrected chi connectivity index (χ1v) is 7.50. The van der Waals surface area contributed by atoms with E-state index >= 15 is 0 Å². The summed E-state index contributed by atoms with van der Waals surface area (Å²) < 4.78 is 16.0. The summed E-state index contributed by atoms with van der Waals surface area (Å²) in [4.78, 5) is 13.0. The average Bonchev–Trinajstić information content (AvgIpc) is 2.53. The van der Waals surface area contributed by atoms with Crippen LogP contribution in [0.5, 0.6) is 17.2 Å². The Morgan fingerprint density at radius 3 is 1.96 bits per heavy atom. The standard InChI is InChI=1S/C17H16Cl2O4/c1-9-8-12(21-2)16(22-3)17(23-4)13(9)15(20)14-10(18)6-5-7-11(14)19/h5-8H,1-4H3. The van der Waals surface area contributed by atoms with E-state index < -0.39 is 0 Å². The van der Waals surface area contributed by atoms with Crippen molar-refractivity contribution < 1.29 is 19.0 Å². The van der Waals surface area contributed by atoms with Gasteiger partial charge in [-0.25, -0.2) is 0 Å². The zero-order chi connectivity index (χ0) is 17.1. The maximum absolute atomic E-state index is 13.0. The van der Waals surface area contributed by atoms with Crippen LogP contribution in [0.3, 0.4) is 0 Å². The number of hydrogen-bond donors (Lipinski definition) is 0. The molecule has 0 aromatic heterocycles. The van der Waals surface area contributed by atoms with Gasteiger partial charge in [-0.3, -0.25) is 4.79 Å². The molecule has 0 unspecified atom stereocenters. The number of methoxy groups -OCH3 is 3. The molecule has 0 atom stereocenters. The van der Waals surface area contributed by atoms with Crippen molar-refractivity contribution in [2.45, 2.75) is 6.92 Å². The van der Waals surface area contributed by atoms with Gasteiger partial charge >= 0.3 is 0 Å². The number of carbonyl (C=O) groups is 1. The molecule has 0 aliphatic carbocycles. The van der Waals surface area contributed by atoms with Crippen LogP contribution in [-0.4, -0.2) is 27.1 Å². The maximum Gasteiger partial charge on any atom is 0.204 e. The summed E-state index contributed by atoms with van der Waals surface area (Å²) in [6.07, 6.45) is 0. The molecule has 6 heteroatoms. The van der Waals surface area contributed by atoms with Gasteiger partial charge in [-0.15, -0.1) is 0 Å². The van der Waals surface area contributed by atoms with Crippen LogP contribution in [0.2, 0.25) is 10.0 Å². The van der Waals surface area contributed by atoms with Gasteiger partial charge in [-0.05, 0) is 30.7 Å². The minimum absolute atomic E-state index is 0.226. The van der Waals surface area contributed by atoms with Crippen LogP contribution >= 0.6 is 23.2 Å². The van der Waals surface area contributed by atoms with E-state index in [2.05, 4.69) is 0 Å². The van der Waals surface area contributed by atoms with Crippen molar-refractivity contribution in [3.63, 3.8) is 0 Å². The molecule has 4 nitrogen and oxygen atoms in total. The number of halogens is 2. The summed E-state index contributed by atoms with van der Waals surface area (Å²) in [6.45, 7) is 1.78. The first-order valence-electron chi connectivity index (χ1n) is 6.74. The predicted octanol–water partition coefficient (Wildman–Crippen LogP) is 4.56. The van der Waals surface area contributed by atoms with Gasteiger partial charge in [0.25, 0.3) is 0 Å². The number of ether oxygens (including phenoxy) is 3. The van der Waals surface area contributed by atoms with E-state index in [1.165, 1.54) is 21.3 Å². The van der Waals surface area contributed by atoms with E-state index in [1.54, 1.807) is 31.2 Å². The molecular weight excluding hydrogens is 339 g/mol. The molecule has 0 heterocycles. The highest BCUT2D eigenvalue weighted by molar-refractivity contribution is 6.41. The largest absolute Gasteiger partial charge is 0.493 e. The van der Waals surface area contributed by atoms with Crippen molar-refractivity contribution >= 4 is 29.0 Å². The van der Waals surface area contributed by atoms with E-state index in [0.29, 0.717) is 22.6 Å². The van der Waals surface area contributed by atoms with Gasteiger partial charge in [0, 0.05) is 0 Å². The quantitative estimate of drug-likeness (QED) is 0.738. The molecule has 0 N–H and O–H groups in total. The summed E-state index contributed by atoms with van der Waals surface area (Å²) >= 11 is 12.3. The minimum Gasteiger partial charge on any atom is -0.493 e. The third-order valence-electron chi connectivity index (χ3n) is 3.44. The molecule has 122 valence electrons. The zero-order valence-electron chi connectivity index (χ0n) is 13.2. The summed E-state index contributed by atoms with van der Waals surface area (Å²) in [6, 6.07) is 6.62. The number of benzene rings is 2. The van der Waals surface area contributed by atoms with Crippen LogP contribution < -0.4 is 14.2 Å². The molecule has 0 spiro atoms. The van der Waals surface area contributed by atoms with Crippen LogP contribution in [0, 0.1) is 6.92 Å². The molecule has 2 rings (SSSR count). The molecule has 0 aliphatic heterocycles. The van der Waals surface area contributed by atoms with Gasteiger partial charge in [0.1, 0.15) is 0 Å². The Morgan fingerprint density at radius 2 is 1.48 bits per heavy atom. The Bertz CT molecular complexity index is 736. The monoisotopic (exact) mass is 354 g/mol. The Morgan fingerprint density at radius 1 is 0.913 bits per heavy atom. The molecule has 2 aromatic rings. The molecule has 0 bridgehead atoms. The SMILES string of the molecule is COc1cc(C)c(C(=O)c2c(Cl)cccc2Cl)c(OC)c1OC. The van der Waals surface area contributed by atoms with Gasteiger partial charge in [0.2, 0.25) is 5.75 Å². The summed E-state index contributed by atoms with van der Waals surface area (Å²) in [5.41, 5.74) is 1.23. The maximum atomic E-state index is 13.0. The summed E-state index contributed by atoms with van der Waals surface area (Å²) in [5.74, 6) is 0.761. The topological polar surface area (TPSA) is 44.8 Å². The second-order valence-electron chi connectivity index (χ2n) is 4.76. The van der Waals surface area contributed by atoms with Crippen molar-refractivity contribution in [2.24, 2.45) is 0 Å². The smallest absolute Gasteiger partial charge is 0.204 e. The third-order valence-corrected chi connectivity index (χ3v) is 4.07. The first-order chi connectivity index (χ1) is 11.0. The summed E-state index contributed by atoms with van der Waals surface area (Å²) in [7, 11) is 4.46. The molecule has 0 aliphatic rings. The Balaban J connectivity index is 2.75. The molecule has 2 aromatic carbocycles. The van der Waals surface area contributed by atoms with Crippen molar-refractivity contribution in [1.82, 2.24) is 0 Å². The Labute approximate surface area is 144 Å². The number of rotatable bonds is 5. The van der Waals surface area contributed by atoms with Gasteiger partial charge in [-0.2, -0.15) is 0 Å². The average molecular weight is 355 g/mol. The predicted molar refractivity (Wildman–Crippen MR) is 90.7 cm³/mol. The first kappa shape index (κ1) is 17.4. The van der Waals surface area contributed by atoms with Gasteiger partial charge in [0.05, 0.1) is 42.5 Å². The molecule has 23 heavy (non-hydrogen) atoms.